The second kappa shape index (κ2) is 11.5. The van der Waals surface area contributed by atoms with Crippen LogP contribution in [0, 0.1) is 12.7 Å². The molecule has 0 unspecified atom stereocenters. The summed E-state index contributed by atoms with van der Waals surface area (Å²) >= 11 is 5.97. The Bertz CT molecular complexity index is 1630. The first-order valence-electron chi connectivity index (χ1n) is 15.0. The van der Waals surface area contributed by atoms with Crippen molar-refractivity contribution in [1.29, 1.82) is 0 Å². The maximum atomic E-state index is 14.8. The molecule has 3 aliphatic heterocycles. The molecule has 2 atom stereocenters. The van der Waals surface area contributed by atoms with Crippen LogP contribution in [0.15, 0.2) is 48.7 Å². The molecule has 3 aliphatic rings. The lowest BCUT2D eigenvalue weighted by Crippen LogP contribution is -2.34. The molecule has 0 radical (unpaired) electrons. The Morgan fingerprint density at radius 2 is 1.95 bits per heavy atom. The molecule has 0 bridgehead atoms. The zero-order valence-electron chi connectivity index (χ0n) is 24.4. The predicted octanol–water partition coefficient (Wildman–Crippen LogP) is 6.89. The number of H-pyrrole nitrogens is 1. The molecular formula is C33H35ClFN5O3. The van der Waals surface area contributed by atoms with E-state index in [1.807, 2.05) is 18.3 Å². The van der Waals surface area contributed by atoms with Crippen molar-refractivity contribution in [2.45, 2.75) is 63.7 Å². The van der Waals surface area contributed by atoms with Gasteiger partial charge in [-0.25, -0.2) is 9.37 Å². The van der Waals surface area contributed by atoms with Crippen LogP contribution in [0.25, 0.3) is 11.4 Å². The van der Waals surface area contributed by atoms with Crippen LogP contribution in [0.3, 0.4) is 0 Å². The normalized spacial score (nSPS) is 22.7. The Balaban J connectivity index is 0.994. The quantitative estimate of drug-likeness (QED) is 0.257. The van der Waals surface area contributed by atoms with Gasteiger partial charge in [-0.15, -0.1) is 0 Å². The first-order valence-corrected chi connectivity index (χ1v) is 15.4. The number of piperidine rings is 1. The number of halogens is 2. The second-order valence-corrected chi connectivity index (χ2v) is 12.4. The molecule has 2 fully saturated rings. The standard InChI is InChI=1S/C33H35ClFN5O3/c1-20-15-23(32-37-31(38-39-32)22-5-4-14-41-19-22)17-36-28(20)18-40-12-10-21(11-13-40)25-6-3-7-29-30(25)43-33(2,42-29)26-9-8-24(34)16-27(26)35/h3,6-9,15-17,21-22H,4-5,10-14,18-19H2,1-2H3,(H,37,38,39)/t22-,33-/m0/s1. The lowest BCUT2D eigenvalue weighted by Gasteiger charge is -2.32. The number of likely N-dealkylation sites (tertiary alicyclic amines) is 1. The molecule has 1 N–H and O–H groups in total. The molecule has 0 saturated carbocycles. The summed E-state index contributed by atoms with van der Waals surface area (Å²) in [5.41, 5.74) is 4.55. The van der Waals surface area contributed by atoms with Gasteiger partial charge in [0.05, 0.1) is 17.9 Å². The number of aromatic nitrogens is 4. The number of pyridine rings is 1. The Hall–Kier alpha value is -3.53. The SMILES string of the molecule is Cc1cc(-c2n[nH]c([C@H]3CCCOC3)n2)cnc1CN1CCC(c2cccc3c2O[C@@](C)(c2ccc(Cl)cc2F)O3)CC1. The Kier molecular flexibility index (Phi) is 7.57. The molecule has 4 aromatic rings. The van der Waals surface area contributed by atoms with Crippen molar-refractivity contribution < 1.29 is 18.6 Å². The molecular weight excluding hydrogens is 569 g/mol. The summed E-state index contributed by atoms with van der Waals surface area (Å²) in [7, 11) is 0. The van der Waals surface area contributed by atoms with Gasteiger partial charge >= 0.3 is 0 Å². The lowest BCUT2D eigenvalue weighted by molar-refractivity contribution is -0.0712. The number of ether oxygens (including phenoxy) is 3. The molecule has 5 heterocycles. The topological polar surface area (TPSA) is 85.4 Å². The third-order valence-electron chi connectivity index (χ3n) is 8.93. The number of aromatic amines is 1. The number of hydrogen-bond acceptors (Lipinski definition) is 7. The molecule has 10 heteroatoms. The van der Waals surface area contributed by atoms with Gasteiger partial charge in [0, 0.05) is 48.3 Å². The summed E-state index contributed by atoms with van der Waals surface area (Å²) in [6, 6.07) is 12.7. The minimum Gasteiger partial charge on any atom is -0.444 e. The first kappa shape index (κ1) is 28.3. The third-order valence-corrected chi connectivity index (χ3v) is 9.16. The van der Waals surface area contributed by atoms with Crippen molar-refractivity contribution in [2.24, 2.45) is 0 Å². The highest BCUT2D eigenvalue weighted by molar-refractivity contribution is 6.30. The van der Waals surface area contributed by atoms with Crippen molar-refractivity contribution in [2.75, 3.05) is 26.3 Å². The van der Waals surface area contributed by atoms with E-state index in [1.165, 1.54) is 6.07 Å². The average molecular weight is 604 g/mol. The number of rotatable bonds is 6. The van der Waals surface area contributed by atoms with E-state index in [4.69, 9.17) is 35.8 Å². The van der Waals surface area contributed by atoms with Gasteiger partial charge in [0.15, 0.2) is 17.3 Å². The minimum atomic E-state index is -1.25. The van der Waals surface area contributed by atoms with E-state index in [1.54, 1.807) is 19.1 Å². The maximum absolute atomic E-state index is 14.8. The molecule has 2 aromatic carbocycles. The van der Waals surface area contributed by atoms with Crippen LogP contribution in [0.2, 0.25) is 5.02 Å². The summed E-state index contributed by atoms with van der Waals surface area (Å²) in [6.07, 6.45) is 5.96. The molecule has 0 spiro atoms. The highest BCUT2D eigenvalue weighted by atomic mass is 35.5. The molecule has 224 valence electrons. The molecule has 8 nitrogen and oxygen atoms in total. The number of benzene rings is 2. The lowest BCUT2D eigenvalue weighted by atomic mass is 9.88. The van der Waals surface area contributed by atoms with E-state index < -0.39 is 11.6 Å². The monoisotopic (exact) mass is 603 g/mol. The molecule has 2 aromatic heterocycles. The Labute approximate surface area is 255 Å². The summed E-state index contributed by atoms with van der Waals surface area (Å²) in [4.78, 5) is 12.0. The number of aryl methyl sites for hydroxylation is 1. The van der Waals surface area contributed by atoms with Gasteiger partial charge in [0.2, 0.25) is 0 Å². The van der Waals surface area contributed by atoms with E-state index in [2.05, 4.69) is 34.2 Å². The van der Waals surface area contributed by atoms with Crippen LogP contribution < -0.4 is 9.47 Å². The Morgan fingerprint density at radius 3 is 2.72 bits per heavy atom. The van der Waals surface area contributed by atoms with Crippen molar-refractivity contribution in [3.63, 3.8) is 0 Å². The van der Waals surface area contributed by atoms with E-state index in [9.17, 15) is 4.39 Å². The van der Waals surface area contributed by atoms with Gasteiger partial charge in [-0.3, -0.25) is 15.0 Å². The van der Waals surface area contributed by atoms with Gasteiger partial charge < -0.3 is 14.2 Å². The van der Waals surface area contributed by atoms with Crippen molar-refractivity contribution in [3.8, 4) is 22.9 Å². The highest BCUT2D eigenvalue weighted by Crippen LogP contribution is 2.49. The van der Waals surface area contributed by atoms with Gasteiger partial charge in [-0.1, -0.05) is 23.7 Å². The molecule has 0 aliphatic carbocycles. The zero-order valence-corrected chi connectivity index (χ0v) is 25.2. The zero-order chi connectivity index (χ0) is 29.6. The van der Waals surface area contributed by atoms with Crippen LogP contribution in [0.5, 0.6) is 11.5 Å². The predicted molar refractivity (Wildman–Crippen MR) is 161 cm³/mol. The van der Waals surface area contributed by atoms with E-state index >= 15 is 0 Å². The number of fused-ring (bicyclic) bond motifs is 1. The fourth-order valence-electron chi connectivity index (χ4n) is 6.48. The van der Waals surface area contributed by atoms with Gasteiger partial charge in [0.1, 0.15) is 11.6 Å². The molecule has 43 heavy (non-hydrogen) atoms. The maximum Gasteiger partial charge on any atom is 0.278 e. The fraction of sp³-hybridized carbons (Fsp3) is 0.424. The van der Waals surface area contributed by atoms with Gasteiger partial charge in [-0.2, -0.15) is 5.10 Å². The van der Waals surface area contributed by atoms with E-state index in [0.29, 0.717) is 40.4 Å². The average Bonchev–Trinajstić information content (AvgIpc) is 3.64. The first-order chi connectivity index (χ1) is 20.9. The summed E-state index contributed by atoms with van der Waals surface area (Å²) < 4.78 is 32.9. The van der Waals surface area contributed by atoms with Crippen LogP contribution >= 0.6 is 11.6 Å². The molecule has 7 rings (SSSR count). The number of para-hydroxylation sites is 1. The molecule has 2 saturated heterocycles. The van der Waals surface area contributed by atoms with Crippen LogP contribution in [-0.2, 0) is 17.1 Å². The van der Waals surface area contributed by atoms with E-state index in [-0.39, 0.29) is 5.92 Å². The van der Waals surface area contributed by atoms with Gasteiger partial charge in [0.25, 0.3) is 5.79 Å². The minimum absolute atomic E-state index is 0.276. The van der Waals surface area contributed by atoms with Crippen molar-refractivity contribution in [1.82, 2.24) is 25.1 Å². The Morgan fingerprint density at radius 1 is 1.09 bits per heavy atom. The fourth-order valence-corrected chi connectivity index (χ4v) is 6.64. The van der Waals surface area contributed by atoms with Crippen molar-refractivity contribution in [3.05, 3.63) is 87.7 Å². The summed E-state index contributed by atoms with van der Waals surface area (Å²) in [5, 5.41) is 7.90. The van der Waals surface area contributed by atoms with Gasteiger partial charge in [-0.05, 0) is 87.5 Å². The van der Waals surface area contributed by atoms with Crippen LogP contribution in [0.4, 0.5) is 4.39 Å². The van der Waals surface area contributed by atoms with Crippen LogP contribution in [0.1, 0.15) is 72.7 Å². The highest BCUT2D eigenvalue weighted by Gasteiger charge is 2.43. The smallest absolute Gasteiger partial charge is 0.278 e. The number of hydrogen-bond donors (Lipinski definition) is 1. The molecule has 0 amide bonds. The number of nitrogens with zero attached hydrogens (tertiary/aromatic N) is 4. The summed E-state index contributed by atoms with van der Waals surface area (Å²) in [5.74, 6) is 1.81. The third kappa shape index (κ3) is 5.61. The number of nitrogens with one attached hydrogen (secondary N) is 1. The largest absolute Gasteiger partial charge is 0.444 e. The van der Waals surface area contributed by atoms with E-state index in [0.717, 1.165) is 80.1 Å². The summed E-state index contributed by atoms with van der Waals surface area (Å²) in [6.45, 7) is 8.04. The van der Waals surface area contributed by atoms with Crippen LogP contribution in [-0.4, -0.2) is 51.4 Å². The second-order valence-electron chi connectivity index (χ2n) is 11.9. The van der Waals surface area contributed by atoms with Crippen molar-refractivity contribution >= 4 is 11.6 Å².